The van der Waals surface area contributed by atoms with Crippen molar-refractivity contribution in [2.75, 3.05) is 6.54 Å². The molecule has 4 nitrogen and oxygen atoms in total. The summed E-state index contributed by atoms with van der Waals surface area (Å²) in [5, 5.41) is 9.72. The summed E-state index contributed by atoms with van der Waals surface area (Å²) in [4.78, 5) is 26.3. The molecular formula is C19H24BrNO3. The maximum Gasteiger partial charge on any atom is 0.329 e. The second-order valence-electron chi connectivity index (χ2n) is 7.33. The van der Waals surface area contributed by atoms with Crippen LogP contribution in [0.15, 0.2) is 35.3 Å². The van der Waals surface area contributed by atoms with Crippen LogP contribution in [-0.2, 0) is 10.2 Å². The van der Waals surface area contributed by atoms with E-state index in [1.165, 1.54) is 4.90 Å². The topological polar surface area (TPSA) is 57.6 Å². The van der Waals surface area contributed by atoms with Gasteiger partial charge in [0.15, 0.2) is 0 Å². The number of benzene rings is 1. The summed E-state index contributed by atoms with van der Waals surface area (Å²) < 4.78 is 0.865. The first kappa shape index (κ1) is 18.7. The number of carboxylic acid groups (broad SMARTS) is 1. The van der Waals surface area contributed by atoms with Gasteiger partial charge in [0.25, 0.3) is 5.91 Å². The van der Waals surface area contributed by atoms with Crippen LogP contribution in [0.1, 0.15) is 56.0 Å². The van der Waals surface area contributed by atoms with Gasteiger partial charge in [0, 0.05) is 16.6 Å². The molecule has 1 aliphatic heterocycles. The molecular weight excluding hydrogens is 370 g/mol. The second kappa shape index (κ2) is 6.71. The number of amides is 1. The first-order valence-corrected chi connectivity index (χ1v) is 8.89. The molecule has 0 saturated carbocycles. The Balaban J connectivity index is 2.39. The summed E-state index contributed by atoms with van der Waals surface area (Å²) in [5.41, 5.74) is 0.401. The van der Waals surface area contributed by atoms with Gasteiger partial charge in [-0.25, -0.2) is 4.79 Å². The lowest BCUT2D eigenvalue weighted by Crippen LogP contribution is -2.52. The summed E-state index contributed by atoms with van der Waals surface area (Å²) >= 11 is 3.54. The zero-order valence-corrected chi connectivity index (χ0v) is 16.0. The zero-order valence-electron chi connectivity index (χ0n) is 14.4. The highest BCUT2D eigenvalue weighted by atomic mass is 79.9. The highest BCUT2D eigenvalue weighted by molar-refractivity contribution is 9.10. The molecule has 130 valence electrons. The third-order valence-electron chi connectivity index (χ3n) is 4.64. The Hall–Kier alpha value is -1.62. The molecule has 0 bridgehead atoms. The molecule has 2 rings (SSSR count). The fraction of sp³-hybridized carbons (Fsp3) is 0.474. The van der Waals surface area contributed by atoms with E-state index < -0.39 is 11.5 Å². The van der Waals surface area contributed by atoms with Gasteiger partial charge in [-0.1, -0.05) is 48.8 Å². The Bertz CT molecular complexity index is 678. The molecule has 0 radical (unpaired) electrons. The van der Waals surface area contributed by atoms with Gasteiger partial charge in [-0.15, -0.1) is 6.58 Å². The predicted octanol–water partition coefficient (Wildman–Crippen LogP) is 4.38. The Morgan fingerprint density at radius 2 is 2.08 bits per heavy atom. The summed E-state index contributed by atoms with van der Waals surface area (Å²) in [7, 11) is 0. The minimum Gasteiger partial charge on any atom is -0.479 e. The first-order chi connectivity index (χ1) is 11.1. The standard InChI is InChI=1S/C19H24BrNO3/c1-5-9-19(17(23)24)10-6-11-21(19)16(22)13-7-8-14(15(20)12-13)18(2,3)4/h5,7-8,12H,1,6,9-11H2,2-4H3,(H,23,24). The van der Waals surface area contributed by atoms with Crippen LogP contribution in [0.2, 0.25) is 0 Å². The van der Waals surface area contributed by atoms with Crippen molar-refractivity contribution in [2.24, 2.45) is 0 Å². The van der Waals surface area contributed by atoms with E-state index >= 15 is 0 Å². The Morgan fingerprint density at radius 3 is 2.58 bits per heavy atom. The van der Waals surface area contributed by atoms with Crippen LogP contribution in [-0.4, -0.2) is 34.0 Å². The lowest BCUT2D eigenvalue weighted by atomic mass is 9.86. The summed E-state index contributed by atoms with van der Waals surface area (Å²) in [6, 6.07) is 5.51. The highest BCUT2D eigenvalue weighted by Gasteiger charge is 2.49. The number of likely N-dealkylation sites (tertiary alicyclic amines) is 1. The van der Waals surface area contributed by atoms with E-state index in [2.05, 4.69) is 43.3 Å². The van der Waals surface area contributed by atoms with Crippen molar-refractivity contribution in [1.29, 1.82) is 0 Å². The van der Waals surface area contributed by atoms with Crippen LogP contribution in [0.4, 0.5) is 0 Å². The maximum absolute atomic E-state index is 13.0. The number of carboxylic acids is 1. The molecule has 1 aromatic carbocycles. The molecule has 1 aromatic rings. The molecule has 1 amide bonds. The first-order valence-electron chi connectivity index (χ1n) is 8.10. The number of carbonyl (C=O) groups is 2. The number of hydrogen-bond donors (Lipinski definition) is 1. The maximum atomic E-state index is 13.0. The average Bonchev–Trinajstić information content (AvgIpc) is 2.90. The molecule has 1 N–H and O–H groups in total. The molecule has 24 heavy (non-hydrogen) atoms. The Labute approximate surface area is 151 Å². The quantitative estimate of drug-likeness (QED) is 0.771. The van der Waals surface area contributed by atoms with Crippen molar-refractivity contribution in [3.8, 4) is 0 Å². The van der Waals surface area contributed by atoms with E-state index in [0.29, 0.717) is 24.9 Å². The van der Waals surface area contributed by atoms with Crippen LogP contribution in [0.3, 0.4) is 0 Å². The molecule has 0 spiro atoms. The minimum absolute atomic E-state index is 0.0400. The predicted molar refractivity (Wildman–Crippen MR) is 98.3 cm³/mol. The van der Waals surface area contributed by atoms with E-state index in [1.807, 2.05) is 6.07 Å². The van der Waals surface area contributed by atoms with Crippen LogP contribution < -0.4 is 0 Å². The van der Waals surface area contributed by atoms with E-state index in [-0.39, 0.29) is 17.7 Å². The normalized spacial score (nSPS) is 20.9. The number of carbonyl (C=O) groups excluding carboxylic acids is 1. The molecule has 5 heteroatoms. The number of rotatable bonds is 4. The van der Waals surface area contributed by atoms with Gasteiger partial charge in [-0.3, -0.25) is 4.79 Å². The fourth-order valence-electron chi connectivity index (χ4n) is 3.35. The van der Waals surface area contributed by atoms with Crippen LogP contribution in [0.5, 0.6) is 0 Å². The lowest BCUT2D eigenvalue weighted by Gasteiger charge is -2.34. The summed E-state index contributed by atoms with van der Waals surface area (Å²) in [6.07, 6.45) is 2.99. The number of hydrogen-bond acceptors (Lipinski definition) is 2. The van der Waals surface area contributed by atoms with Crippen molar-refractivity contribution in [1.82, 2.24) is 4.90 Å². The van der Waals surface area contributed by atoms with E-state index in [0.717, 1.165) is 10.0 Å². The van der Waals surface area contributed by atoms with E-state index in [4.69, 9.17) is 0 Å². The van der Waals surface area contributed by atoms with Gasteiger partial charge in [0.1, 0.15) is 5.54 Å². The highest BCUT2D eigenvalue weighted by Crippen LogP contribution is 2.36. The molecule has 1 fully saturated rings. The largest absolute Gasteiger partial charge is 0.479 e. The molecule has 0 aliphatic carbocycles. The molecule has 1 aliphatic rings. The van der Waals surface area contributed by atoms with Gasteiger partial charge in [0.2, 0.25) is 0 Å². The zero-order chi connectivity index (χ0) is 18.1. The van der Waals surface area contributed by atoms with Crippen molar-refractivity contribution in [3.05, 3.63) is 46.5 Å². The van der Waals surface area contributed by atoms with E-state index in [9.17, 15) is 14.7 Å². The average molecular weight is 394 g/mol. The minimum atomic E-state index is -1.17. The van der Waals surface area contributed by atoms with Crippen molar-refractivity contribution in [2.45, 2.75) is 51.0 Å². The number of nitrogens with zero attached hydrogens (tertiary/aromatic N) is 1. The van der Waals surface area contributed by atoms with Crippen LogP contribution in [0.25, 0.3) is 0 Å². The molecule has 1 unspecified atom stereocenters. The Kier molecular flexibility index (Phi) is 5.23. The SMILES string of the molecule is C=CCC1(C(=O)O)CCCN1C(=O)c1ccc(C(C)(C)C)c(Br)c1. The Morgan fingerprint density at radius 1 is 1.42 bits per heavy atom. The summed E-state index contributed by atoms with van der Waals surface area (Å²) in [5.74, 6) is -1.20. The van der Waals surface area contributed by atoms with Gasteiger partial charge in [-0.2, -0.15) is 0 Å². The number of halogens is 1. The second-order valence-corrected chi connectivity index (χ2v) is 8.19. The smallest absolute Gasteiger partial charge is 0.329 e. The van der Waals surface area contributed by atoms with E-state index in [1.54, 1.807) is 18.2 Å². The van der Waals surface area contributed by atoms with Gasteiger partial charge in [-0.05, 0) is 42.4 Å². The number of aliphatic carboxylic acids is 1. The fourth-order valence-corrected chi connectivity index (χ4v) is 4.32. The monoisotopic (exact) mass is 393 g/mol. The van der Waals surface area contributed by atoms with Gasteiger partial charge in [0.05, 0.1) is 0 Å². The van der Waals surface area contributed by atoms with Crippen LogP contribution >= 0.6 is 15.9 Å². The summed E-state index contributed by atoms with van der Waals surface area (Å²) in [6.45, 7) is 10.4. The molecule has 0 aromatic heterocycles. The van der Waals surface area contributed by atoms with Crippen molar-refractivity contribution >= 4 is 27.8 Å². The molecule has 1 atom stereocenters. The molecule has 1 saturated heterocycles. The third-order valence-corrected chi connectivity index (χ3v) is 5.29. The van der Waals surface area contributed by atoms with Gasteiger partial charge >= 0.3 is 5.97 Å². The molecule has 1 heterocycles. The van der Waals surface area contributed by atoms with Gasteiger partial charge < -0.3 is 10.0 Å². The third kappa shape index (κ3) is 3.27. The lowest BCUT2D eigenvalue weighted by molar-refractivity contribution is -0.148. The van der Waals surface area contributed by atoms with Crippen LogP contribution in [0, 0.1) is 0 Å². The van der Waals surface area contributed by atoms with Crippen molar-refractivity contribution < 1.29 is 14.7 Å². The van der Waals surface area contributed by atoms with Crippen molar-refractivity contribution in [3.63, 3.8) is 0 Å².